The first-order chi connectivity index (χ1) is 10.2. The Morgan fingerprint density at radius 3 is 2.81 bits per heavy atom. The van der Waals surface area contributed by atoms with Crippen LogP contribution in [0.15, 0.2) is 35.1 Å². The number of hydrogen-bond acceptors (Lipinski definition) is 4. The van der Waals surface area contributed by atoms with Gasteiger partial charge in [0.2, 0.25) is 5.91 Å². The Morgan fingerprint density at radius 1 is 1.24 bits per heavy atom. The lowest BCUT2D eigenvalue weighted by Crippen LogP contribution is -2.48. The zero-order chi connectivity index (χ0) is 14.7. The van der Waals surface area contributed by atoms with Crippen molar-refractivity contribution in [3.8, 4) is 0 Å². The minimum absolute atomic E-state index is 0.0468. The zero-order valence-electron chi connectivity index (χ0n) is 11.7. The number of carbonyl (C=O) groups is 1. The normalized spacial score (nSPS) is 15.1. The van der Waals surface area contributed by atoms with Gasteiger partial charge in [0.15, 0.2) is 0 Å². The van der Waals surface area contributed by atoms with Crippen molar-refractivity contribution in [3.63, 3.8) is 0 Å². The molecule has 0 saturated carbocycles. The number of aromatic nitrogens is 1. The third-order valence-corrected chi connectivity index (χ3v) is 3.65. The summed E-state index contributed by atoms with van der Waals surface area (Å²) in [7, 11) is 0. The number of nitrogens with one attached hydrogen (secondary N) is 3. The molecular weight excluding hydrogens is 268 g/mol. The SMILES string of the molecule is O=C(CNc1cc2ccccc2c(=O)[nH]1)N1CCNCC1. The van der Waals surface area contributed by atoms with E-state index in [1.165, 1.54) is 0 Å². The van der Waals surface area contributed by atoms with Gasteiger partial charge in [0, 0.05) is 31.6 Å². The van der Waals surface area contributed by atoms with Gasteiger partial charge in [0.05, 0.1) is 6.54 Å². The number of anilines is 1. The number of aromatic amines is 1. The fourth-order valence-corrected chi connectivity index (χ4v) is 2.50. The van der Waals surface area contributed by atoms with E-state index in [-0.39, 0.29) is 18.0 Å². The molecule has 110 valence electrons. The van der Waals surface area contributed by atoms with Gasteiger partial charge >= 0.3 is 0 Å². The Balaban J connectivity index is 1.70. The molecule has 1 aromatic carbocycles. The predicted molar refractivity (Wildman–Crippen MR) is 82.5 cm³/mol. The Kier molecular flexibility index (Phi) is 3.87. The number of rotatable bonds is 3. The number of amides is 1. The second kappa shape index (κ2) is 5.97. The van der Waals surface area contributed by atoms with E-state index in [0.717, 1.165) is 31.6 Å². The number of pyridine rings is 1. The summed E-state index contributed by atoms with van der Waals surface area (Å²) in [5.74, 6) is 0.618. The number of H-pyrrole nitrogens is 1. The highest BCUT2D eigenvalue weighted by molar-refractivity contribution is 5.85. The third-order valence-electron chi connectivity index (χ3n) is 3.65. The average Bonchev–Trinajstić information content (AvgIpc) is 2.53. The van der Waals surface area contributed by atoms with E-state index in [1.807, 2.05) is 29.2 Å². The van der Waals surface area contributed by atoms with Crippen LogP contribution in [0.3, 0.4) is 0 Å². The maximum atomic E-state index is 12.1. The number of fused-ring (bicyclic) bond motifs is 1. The van der Waals surface area contributed by atoms with Crippen molar-refractivity contribution in [1.82, 2.24) is 15.2 Å². The molecule has 1 aliphatic heterocycles. The van der Waals surface area contributed by atoms with Crippen molar-refractivity contribution in [2.45, 2.75) is 0 Å². The Hall–Kier alpha value is -2.34. The molecule has 3 rings (SSSR count). The van der Waals surface area contributed by atoms with Crippen LogP contribution in [0.2, 0.25) is 0 Å². The second-order valence-corrected chi connectivity index (χ2v) is 5.08. The standard InChI is InChI=1S/C15H18N4O2/c20-14(19-7-5-16-6-8-19)10-17-13-9-11-3-1-2-4-12(11)15(21)18-13/h1-4,9,16H,5-8,10H2,(H2,17,18,21). The Labute approximate surface area is 122 Å². The summed E-state index contributed by atoms with van der Waals surface area (Å²) >= 11 is 0. The van der Waals surface area contributed by atoms with E-state index >= 15 is 0 Å². The Morgan fingerprint density at radius 2 is 2.00 bits per heavy atom. The molecule has 1 aromatic heterocycles. The van der Waals surface area contributed by atoms with E-state index < -0.39 is 0 Å². The van der Waals surface area contributed by atoms with Crippen LogP contribution in [0.25, 0.3) is 10.8 Å². The number of benzene rings is 1. The van der Waals surface area contributed by atoms with Crippen LogP contribution in [0.5, 0.6) is 0 Å². The van der Waals surface area contributed by atoms with Gasteiger partial charge in [-0.25, -0.2) is 0 Å². The number of piperazine rings is 1. The lowest BCUT2D eigenvalue weighted by molar-refractivity contribution is -0.129. The van der Waals surface area contributed by atoms with Crippen LogP contribution in [-0.4, -0.2) is 48.5 Å². The fourth-order valence-electron chi connectivity index (χ4n) is 2.50. The fraction of sp³-hybridized carbons (Fsp3) is 0.333. The van der Waals surface area contributed by atoms with Crippen molar-refractivity contribution in [3.05, 3.63) is 40.7 Å². The molecule has 1 aliphatic rings. The summed E-state index contributed by atoms with van der Waals surface area (Å²) in [5.41, 5.74) is -0.148. The zero-order valence-corrected chi connectivity index (χ0v) is 11.7. The highest BCUT2D eigenvalue weighted by atomic mass is 16.2. The molecule has 1 fully saturated rings. The van der Waals surface area contributed by atoms with Crippen LogP contribution < -0.4 is 16.2 Å². The van der Waals surface area contributed by atoms with Gasteiger partial charge in [-0.15, -0.1) is 0 Å². The van der Waals surface area contributed by atoms with Crippen molar-refractivity contribution in [1.29, 1.82) is 0 Å². The molecule has 1 saturated heterocycles. The average molecular weight is 286 g/mol. The molecule has 1 amide bonds. The van der Waals surface area contributed by atoms with E-state index in [1.54, 1.807) is 6.07 Å². The van der Waals surface area contributed by atoms with E-state index in [9.17, 15) is 9.59 Å². The minimum atomic E-state index is -0.148. The molecule has 6 nitrogen and oxygen atoms in total. The number of nitrogens with zero attached hydrogens (tertiary/aromatic N) is 1. The molecule has 2 aromatic rings. The highest BCUT2D eigenvalue weighted by Gasteiger charge is 2.15. The van der Waals surface area contributed by atoms with Crippen LogP contribution in [0, 0.1) is 0 Å². The molecule has 2 heterocycles. The molecule has 6 heteroatoms. The minimum Gasteiger partial charge on any atom is -0.362 e. The molecule has 0 atom stereocenters. The molecule has 3 N–H and O–H groups in total. The van der Waals surface area contributed by atoms with Gasteiger partial charge in [0.1, 0.15) is 5.82 Å². The molecule has 0 aliphatic carbocycles. The quantitative estimate of drug-likeness (QED) is 0.762. The summed E-state index contributed by atoms with van der Waals surface area (Å²) in [6.07, 6.45) is 0. The van der Waals surface area contributed by atoms with Gasteiger partial charge in [0.25, 0.3) is 5.56 Å². The van der Waals surface area contributed by atoms with E-state index in [4.69, 9.17) is 0 Å². The first-order valence-electron chi connectivity index (χ1n) is 7.08. The summed E-state index contributed by atoms with van der Waals surface area (Å²) in [6, 6.07) is 9.23. The van der Waals surface area contributed by atoms with E-state index in [0.29, 0.717) is 11.2 Å². The number of carbonyl (C=O) groups excluding carboxylic acids is 1. The summed E-state index contributed by atoms with van der Waals surface area (Å²) in [4.78, 5) is 28.6. The van der Waals surface area contributed by atoms with Crippen molar-refractivity contribution in [2.24, 2.45) is 0 Å². The maximum absolute atomic E-state index is 12.1. The van der Waals surface area contributed by atoms with Gasteiger partial charge in [-0.2, -0.15) is 0 Å². The maximum Gasteiger partial charge on any atom is 0.257 e. The smallest absolute Gasteiger partial charge is 0.257 e. The first kappa shape index (κ1) is 13.6. The molecule has 0 spiro atoms. The van der Waals surface area contributed by atoms with Gasteiger partial charge in [-0.05, 0) is 17.5 Å². The van der Waals surface area contributed by atoms with Gasteiger partial charge < -0.3 is 20.5 Å². The Bertz CT molecular complexity index is 704. The van der Waals surface area contributed by atoms with E-state index in [2.05, 4.69) is 15.6 Å². The molecular formula is C15H18N4O2. The molecule has 0 bridgehead atoms. The van der Waals surface area contributed by atoms with Crippen molar-refractivity contribution in [2.75, 3.05) is 38.0 Å². The summed E-state index contributed by atoms with van der Waals surface area (Å²) < 4.78 is 0. The monoisotopic (exact) mass is 286 g/mol. The van der Waals surface area contributed by atoms with Crippen LogP contribution in [0.1, 0.15) is 0 Å². The summed E-state index contributed by atoms with van der Waals surface area (Å²) in [6.45, 7) is 3.31. The second-order valence-electron chi connectivity index (χ2n) is 5.08. The molecule has 0 radical (unpaired) electrons. The lowest BCUT2D eigenvalue weighted by Gasteiger charge is -2.27. The lowest BCUT2D eigenvalue weighted by atomic mass is 10.2. The molecule has 21 heavy (non-hydrogen) atoms. The largest absolute Gasteiger partial charge is 0.362 e. The predicted octanol–water partition coefficient (Wildman–Crippen LogP) is 0.372. The highest BCUT2D eigenvalue weighted by Crippen LogP contribution is 2.12. The molecule has 0 unspecified atom stereocenters. The van der Waals surface area contributed by atoms with Crippen LogP contribution in [0.4, 0.5) is 5.82 Å². The number of hydrogen-bond donors (Lipinski definition) is 3. The van der Waals surface area contributed by atoms with Gasteiger partial charge in [-0.1, -0.05) is 18.2 Å². The first-order valence-corrected chi connectivity index (χ1v) is 7.08. The van der Waals surface area contributed by atoms with Crippen molar-refractivity contribution < 1.29 is 4.79 Å². The van der Waals surface area contributed by atoms with Gasteiger partial charge in [-0.3, -0.25) is 9.59 Å². The third kappa shape index (κ3) is 3.05. The topological polar surface area (TPSA) is 77.2 Å². The van der Waals surface area contributed by atoms with Crippen LogP contribution >= 0.6 is 0 Å². The van der Waals surface area contributed by atoms with Crippen LogP contribution in [-0.2, 0) is 4.79 Å². The summed E-state index contributed by atoms with van der Waals surface area (Å²) in [5, 5.41) is 7.73. The van der Waals surface area contributed by atoms with Crippen molar-refractivity contribution >= 4 is 22.5 Å².